The summed E-state index contributed by atoms with van der Waals surface area (Å²) in [5.74, 6) is 0.0649. The van der Waals surface area contributed by atoms with Crippen molar-refractivity contribution in [1.82, 2.24) is 14.8 Å². The van der Waals surface area contributed by atoms with Crippen molar-refractivity contribution in [3.05, 3.63) is 40.8 Å². The maximum absolute atomic E-state index is 12.6. The highest BCUT2D eigenvalue weighted by molar-refractivity contribution is 6.67. The normalized spacial score (nSPS) is 10.9. The Morgan fingerprint density at radius 1 is 1.44 bits per heavy atom. The minimum atomic E-state index is -2.82. The average Bonchev–Trinajstić information content (AvgIpc) is 2.74. The van der Waals surface area contributed by atoms with E-state index in [4.69, 9.17) is 23.2 Å². The molecule has 0 spiro atoms. The van der Waals surface area contributed by atoms with Crippen molar-refractivity contribution in [3.8, 4) is 5.82 Å². The van der Waals surface area contributed by atoms with Gasteiger partial charge in [-0.3, -0.25) is 4.79 Å². The Morgan fingerprint density at radius 2 is 2.17 bits per heavy atom. The third-order valence-electron chi connectivity index (χ3n) is 2.09. The van der Waals surface area contributed by atoms with Gasteiger partial charge in [-0.1, -0.05) is 11.6 Å². The van der Waals surface area contributed by atoms with Gasteiger partial charge < -0.3 is 0 Å². The van der Waals surface area contributed by atoms with E-state index >= 15 is 0 Å². The molecule has 0 fully saturated rings. The number of halogens is 4. The lowest BCUT2D eigenvalue weighted by Gasteiger charge is -2.04. The van der Waals surface area contributed by atoms with Crippen LogP contribution < -0.4 is 0 Å². The Hall–Kier alpha value is -1.53. The fourth-order valence-corrected chi connectivity index (χ4v) is 1.68. The van der Waals surface area contributed by atoms with Gasteiger partial charge in [-0.15, -0.1) is 0 Å². The van der Waals surface area contributed by atoms with E-state index in [1.165, 1.54) is 12.3 Å². The summed E-state index contributed by atoms with van der Waals surface area (Å²) >= 11 is 11.2. The molecular formula is C10H5Cl2F2N3O. The first-order chi connectivity index (χ1) is 8.50. The number of alkyl halides is 2. The minimum Gasteiger partial charge on any atom is -0.274 e. The summed E-state index contributed by atoms with van der Waals surface area (Å²) in [7, 11) is 0. The Bertz CT molecular complexity index is 601. The minimum absolute atomic E-state index is 0.0649. The van der Waals surface area contributed by atoms with Crippen LogP contribution in [0.3, 0.4) is 0 Å². The summed E-state index contributed by atoms with van der Waals surface area (Å²) in [5.41, 5.74) is -0.784. The molecule has 0 aliphatic carbocycles. The highest BCUT2D eigenvalue weighted by atomic mass is 35.5. The molecule has 0 aromatic carbocycles. The number of carbonyl (C=O) groups excluding carboxylic acids is 1. The molecule has 0 saturated carbocycles. The van der Waals surface area contributed by atoms with Crippen LogP contribution in [-0.2, 0) is 0 Å². The molecule has 94 valence electrons. The van der Waals surface area contributed by atoms with Crippen LogP contribution in [0.1, 0.15) is 22.6 Å². The fourth-order valence-electron chi connectivity index (χ4n) is 1.34. The fraction of sp³-hybridized carbons (Fsp3) is 0.100. The molecule has 0 aliphatic rings. The smallest absolute Gasteiger partial charge is 0.274 e. The maximum Gasteiger partial charge on any atom is 0.282 e. The molecule has 2 aromatic rings. The van der Waals surface area contributed by atoms with Gasteiger partial charge in [-0.2, -0.15) is 5.10 Å². The number of aromatic nitrogens is 3. The molecule has 0 saturated heterocycles. The van der Waals surface area contributed by atoms with E-state index in [-0.39, 0.29) is 16.5 Å². The van der Waals surface area contributed by atoms with E-state index in [1.807, 2.05) is 0 Å². The highest BCUT2D eigenvalue weighted by Crippen LogP contribution is 2.24. The first-order valence-corrected chi connectivity index (χ1v) is 5.45. The molecule has 8 heteroatoms. The highest BCUT2D eigenvalue weighted by Gasteiger charge is 2.21. The maximum atomic E-state index is 12.6. The first kappa shape index (κ1) is 12.9. The Morgan fingerprint density at radius 3 is 2.72 bits per heavy atom. The zero-order chi connectivity index (χ0) is 13.3. The second kappa shape index (κ2) is 4.99. The second-order valence-electron chi connectivity index (χ2n) is 3.25. The van der Waals surface area contributed by atoms with Crippen LogP contribution in [0.25, 0.3) is 5.82 Å². The number of carbonyl (C=O) groups is 1. The van der Waals surface area contributed by atoms with Crippen molar-refractivity contribution in [1.29, 1.82) is 0 Å². The number of pyridine rings is 1. The lowest BCUT2D eigenvalue weighted by molar-refractivity contribution is 0.107. The summed E-state index contributed by atoms with van der Waals surface area (Å²) in [5, 5.41) is 2.82. The van der Waals surface area contributed by atoms with Crippen LogP contribution in [0.4, 0.5) is 8.78 Å². The van der Waals surface area contributed by atoms with Crippen LogP contribution in [0.5, 0.6) is 0 Å². The van der Waals surface area contributed by atoms with Crippen molar-refractivity contribution in [2.75, 3.05) is 0 Å². The molecule has 2 rings (SSSR count). The Balaban J connectivity index is 2.63. The molecule has 0 aliphatic heterocycles. The van der Waals surface area contributed by atoms with Gasteiger partial charge in [0.1, 0.15) is 11.4 Å². The molecule has 18 heavy (non-hydrogen) atoms. The molecule has 4 nitrogen and oxygen atoms in total. The van der Waals surface area contributed by atoms with Gasteiger partial charge in [-0.05, 0) is 29.8 Å². The lowest BCUT2D eigenvalue weighted by Crippen LogP contribution is -2.07. The summed E-state index contributed by atoms with van der Waals surface area (Å²) in [4.78, 5) is 15.1. The molecule has 0 bridgehead atoms. The SMILES string of the molecule is O=C(Cl)c1cc(C(F)F)nn1-c1ncccc1Cl. The molecule has 0 atom stereocenters. The summed E-state index contributed by atoms with van der Waals surface area (Å²) in [6, 6.07) is 3.96. The van der Waals surface area contributed by atoms with E-state index in [9.17, 15) is 13.6 Å². The second-order valence-corrected chi connectivity index (χ2v) is 4.00. The Kier molecular flexibility index (Phi) is 3.58. The van der Waals surface area contributed by atoms with Crippen LogP contribution >= 0.6 is 23.2 Å². The van der Waals surface area contributed by atoms with E-state index in [2.05, 4.69) is 10.1 Å². The van der Waals surface area contributed by atoms with Crippen LogP contribution in [-0.4, -0.2) is 20.0 Å². The van der Waals surface area contributed by atoms with Gasteiger partial charge in [-0.25, -0.2) is 18.4 Å². The topological polar surface area (TPSA) is 47.8 Å². The predicted molar refractivity (Wildman–Crippen MR) is 61.5 cm³/mol. The van der Waals surface area contributed by atoms with Crippen molar-refractivity contribution in [2.24, 2.45) is 0 Å². The van der Waals surface area contributed by atoms with Gasteiger partial charge >= 0.3 is 0 Å². The molecule has 0 amide bonds. The summed E-state index contributed by atoms with van der Waals surface area (Å²) in [6.07, 6.45) is -1.42. The van der Waals surface area contributed by atoms with Crippen molar-refractivity contribution >= 4 is 28.4 Å². The molecule has 0 N–H and O–H groups in total. The van der Waals surface area contributed by atoms with Crippen LogP contribution in [0, 0.1) is 0 Å². The van der Waals surface area contributed by atoms with Crippen molar-refractivity contribution < 1.29 is 13.6 Å². The number of hydrogen-bond donors (Lipinski definition) is 0. The lowest BCUT2D eigenvalue weighted by atomic mass is 10.3. The monoisotopic (exact) mass is 291 g/mol. The van der Waals surface area contributed by atoms with Crippen molar-refractivity contribution in [2.45, 2.75) is 6.43 Å². The molecule has 0 radical (unpaired) electrons. The van der Waals surface area contributed by atoms with Crippen LogP contribution in [0.15, 0.2) is 24.4 Å². The van der Waals surface area contributed by atoms with Crippen molar-refractivity contribution in [3.63, 3.8) is 0 Å². The number of nitrogens with zero attached hydrogens (tertiary/aromatic N) is 3. The third kappa shape index (κ3) is 2.34. The average molecular weight is 292 g/mol. The predicted octanol–water partition coefficient (Wildman–Crippen LogP) is 3.24. The summed E-state index contributed by atoms with van der Waals surface area (Å²) < 4.78 is 26.0. The number of hydrogen-bond acceptors (Lipinski definition) is 3. The van der Waals surface area contributed by atoms with E-state index in [0.717, 1.165) is 10.7 Å². The first-order valence-electron chi connectivity index (χ1n) is 4.69. The zero-order valence-corrected chi connectivity index (χ0v) is 10.2. The van der Waals surface area contributed by atoms with E-state index < -0.39 is 17.4 Å². The standard InChI is InChI=1S/C10H5Cl2F2N3O/c11-5-2-1-3-15-10(5)17-7(8(12)18)4-6(16-17)9(13)14/h1-4,9H. The quantitative estimate of drug-likeness (QED) is 0.816. The molecule has 2 heterocycles. The van der Waals surface area contributed by atoms with Gasteiger partial charge in [0.2, 0.25) is 0 Å². The molecule has 2 aromatic heterocycles. The Labute approximate surface area is 110 Å². The van der Waals surface area contributed by atoms with Crippen LogP contribution in [0.2, 0.25) is 5.02 Å². The van der Waals surface area contributed by atoms with E-state index in [1.54, 1.807) is 6.07 Å². The molecule has 0 unspecified atom stereocenters. The third-order valence-corrected chi connectivity index (χ3v) is 2.58. The zero-order valence-electron chi connectivity index (χ0n) is 8.65. The largest absolute Gasteiger partial charge is 0.282 e. The molecular weight excluding hydrogens is 287 g/mol. The van der Waals surface area contributed by atoms with Gasteiger partial charge in [0.15, 0.2) is 5.82 Å². The summed E-state index contributed by atoms with van der Waals surface area (Å²) in [6.45, 7) is 0. The number of rotatable bonds is 3. The van der Waals surface area contributed by atoms with Gasteiger partial charge in [0.05, 0.1) is 5.02 Å². The van der Waals surface area contributed by atoms with E-state index in [0.29, 0.717) is 0 Å². The van der Waals surface area contributed by atoms with Gasteiger partial charge in [0, 0.05) is 6.20 Å². The van der Waals surface area contributed by atoms with Gasteiger partial charge in [0.25, 0.3) is 11.7 Å².